The molecular formula is C13H11F2NO2S. The summed E-state index contributed by atoms with van der Waals surface area (Å²) < 4.78 is 30.6. The molecule has 0 bridgehead atoms. The third-order valence-electron chi connectivity index (χ3n) is 2.69. The van der Waals surface area contributed by atoms with Gasteiger partial charge in [-0.3, -0.25) is 4.79 Å². The molecule has 2 aromatic rings. The molecule has 1 aromatic heterocycles. The third kappa shape index (κ3) is 3.14. The number of aromatic nitrogens is 1. The van der Waals surface area contributed by atoms with Crippen molar-refractivity contribution in [1.29, 1.82) is 0 Å². The second kappa shape index (κ2) is 6.38. The molecule has 1 aromatic carbocycles. The summed E-state index contributed by atoms with van der Waals surface area (Å²) in [6.45, 7) is 0.307. The van der Waals surface area contributed by atoms with E-state index < -0.39 is 12.3 Å². The van der Waals surface area contributed by atoms with Gasteiger partial charge >= 0.3 is 0 Å². The Morgan fingerprint density at radius 2 is 2.05 bits per heavy atom. The molecule has 1 atom stereocenters. The number of nitrogens with zero attached hydrogens (tertiary/aromatic N) is 1. The molecule has 0 saturated heterocycles. The number of hydrogen-bond acceptors (Lipinski definition) is 4. The molecule has 0 spiro atoms. The van der Waals surface area contributed by atoms with Gasteiger partial charge in [-0.15, -0.1) is 11.3 Å². The molecule has 0 aliphatic heterocycles. The number of carbonyl (C=O) groups excluding carboxylic acids is 1. The highest BCUT2D eigenvalue weighted by molar-refractivity contribution is 7.09. The van der Waals surface area contributed by atoms with Gasteiger partial charge in [-0.2, -0.15) is 0 Å². The molecule has 0 N–H and O–H groups in total. The van der Waals surface area contributed by atoms with Crippen molar-refractivity contribution in [2.45, 2.75) is 12.3 Å². The smallest absolute Gasteiger partial charge is 0.293 e. The lowest BCUT2D eigenvalue weighted by molar-refractivity contribution is -0.128. The Hall–Kier alpha value is -1.82. The van der Waals surface area contributed by atoms with E-state index in [0.717, 1.165) is 16.9 Å². The van der Waals surface area contributed by atoms with Crippen LogP contribution in [-0.2, 0) is 9.53 Å². The maximum atomic E-state index is 12.9. The van der Waals surface area contributed by atoms with E-state index in [1.54, 1.807) is 24.3 Å². The van der Waals surface area contributed by atoms with Crippen LogP contribution in [0, 0.1) is 0 Å². The van der Waals surface area contributed by atoms with Crippen LogP contribution in [0.3, 0.4) is 0 Å². The van der Waals surface area contributed by atoms with Gasteiger partial charge in [0.15, 0.2) is 0 Å². The lowest BCUT2D eigenvalue weighted by atomic mass is 9.96. The van der Waals surface area contributed by atoms with E-state index in [-0.39, 0.29) is 17.2 Å². The van der Waals surface area contributed by atoms with Crippen molar-refractivity contribution in [1.82, 2.24) is 4.98 Å². The van der Waals surface area contributed by atoms with Crippen molar-refractivity contribution in [2.24, 2.45) is 0 Å². The van der Waals surface area contributed by atoms with Crippen molar-refractivity contribution in [3.05, 3.63) is 52.0 Å². The van der Waals surface area contributed by atoms with Crippen LogP contribution in [-0.4, -0.2) is 18.1 Å². The number of ether oxygens (including phenoxy) is 1. The second-order valence-corrected chi connectivity index (χ2v) is 4.68. The van der Waals surface area contributed by atoms with Gasteiger partial charge in [0.05, 0.1) is 22.0 Å². The minimum absolute atomic E-state index is 0.00301. The Bertz CT molecular complexity index is 530. The first-order chi connectivity index (χ1) is 9.24. The van der Waals surface area contributed by atoms with Crippen LogP contribution < -0.4 is 0 Å². The van der Waals surface area contributed by atoms with E-state index in [9.17, 15) is 13.6 Å². The van der Waals surface area contributed by atoms with Gasteiger partial charge in [0.2, 0.25) is 0 Å². The summed E-state index contributed by atoms with van der Waals surface area (Å²) in [6.07, 6.45) is -2.58. The molecule has 1 heterocycles. The molecule has 0 saturated carbocycles. The number of alkyl halides is 2. The van der Waals surface area contributed by atoms with Crippen LogP contribution in [0.2, 0.25) is 0 Å². The van der Waals surface area contributed by atoms with E-state index in [4.69, 9.17) is 4.74 Å². The maximum absolute atomic E-state index is 12.9. The first-order valence-corrected chi connectivity index (χ1v) is 6.43. The number of rotatable bonds is 6. The van der Waals surface area contributed by atoms with Crippen LogP contribution in [0.25, 0.3) is 0 Å². The Balaban J connectivity index is 2.37. The topological polar surface area (TPSA) is 39.2 Å². The SMILES string of the molecule is O=COCC(c1ccccc1)c1ncsc1C(F)F. The number of halogens is 2. The van der Waals surface area contributed by atoms with E-state index >= 15 is 0 Å². The fourth-order valence-electron chi connectivity index (χ4n) is 1.84. The molecule has 0 amide bonds. The number of hydrogen-bond donors (Lipinski definition) is 0. The summed E-state index contributed by atoms with van der Waals surface area (Å²) in [5, 5.41) is 0. The summed E-state index contributed by atoms with van der Waals surface area (Å²) in [6, 6.07) is 9.03. The highest BCUT2D eigenvalue weighted by Gasteiger charge is 2.25. The van der Waals surface area contributed by atoms with Crippen molar-refractivity contribution >= 4 is 17.8 Å². The molecule has 2 rings (SSSR count). The molecule has 3 nitrogen and oxygen atoms in total. The molecule has 6 heteroatoms. The van der Waals surface area contributed by atoms with Crippen LogP contribution in [0.4, 0.5) is 8.78 Å². The van der Waals surface area contributed by atoms with Gasteiger partial charge in [0, 0.05) is 0 Å². The predicted octanol–water partition coefficient (Wildman–Crippen LogP) is 3.39. The van der Waals surface area contributed by atoms with Gasteiger partial charge < -0.3 is 4.74 Å². The van der Waals surface area contributed by atoms with Crippen molar-refractivity contribution in [3.8, 4) is 0 Å². The lowest BCUT2D eigenvalue weighted by Crippen LogP contribution is -2.11. The fraction of sp³-hybridized carbons (Fsp3) is 0.231. The van der Waals surface area contributed by atoms with Gasteiger partial charge in [-0.05, 0) is 5.56 Å². The lowest BCUT2D eigenvalue weighted by Gasteiger charge is -2.15. The number of benzene rings is 1. The van der Waals surface area contributed by atoms with E-state index in [0.29, 0.717) is 6.47 Å². The zero-order valence-electron chi connectivity index (χ0n) is 9.83. The van der Waals surface area contributed by atoms with Crippen LogP contribution in [0.15, 0.2) is 35.8 Å². The van der Waals surface area contributed by atoms with Gasteiger partial charge in [-0.25, -0.2) is 13.8 Å². The standard InChI is InChI=1S/C13H11F2NO2S/c14-13(15)12-11(16-7-19-12)10(6-18-8-17)9-4-2-1-3-5-9/h1-5,7-8,10,13H,6H2. The first-order valence-electron chi connectivity index (χ1n) is 5.55. The molecule has 0 aliphatic rings. The van der Waals surface area contributed by atoms with Gasteiger partial charge in [0.1, 0.15) is 6.61 Å². The van der Waals surface area contributed by atoms with Crippen molar-refractivity contribution in [2.75, 3.05) is 6.61 Å². The molecule has 100 valence electrons. The number of thiazole rings is 1. The molecule has 19 heavy (non-hydrogen) atoms. The van der Waals surface area contributed by atoms with E-state index in [1.807, 2.05) is 6.07 Å². The Morgan fingerprint density at radius 3 is 2.68 bits per heavy atom. The normalized spacial score (nSPS) is 12.4. The van der Waals surface area contributed by atoms with Gasteiger partial charge in [-0.1, -0.05) is 30.3 Å². The average Bonchev–Trinajstić information content (AvgIpc) is 2.90. The molecule has 0 aliphatic carbocycles. The van der Waals surface area contributed by atoms with Gasteiger partial charge in [0.25, 0.3) is 12.9 Å². The highest BCUT2D eigenvalue weighted by Crippen LogP contribution is 2.34. The van der Waals surface area contributed by atoms with Crippen LogP contribution in [0.1, 0.15) is 28.5 Å². The minimum atomic E-state index is -2.58. The van der Waals surface area contributed by atoms with Crippen molar-refractivity contribution < 1.29 is 18.3 Å². The summed E-state index contributed by atoms with van der Waals surface area (Å²) in [7, 11) is 0. The zero-order chi connectivity index (χ0) is 13.7. The Kier molecular flexibility index (Phi) is 4.57. The fourth-order valence-corrected chi connectivity index (χ4v) is 2.54. The van der Waals surface area contributed by atoms with E-state index in [1.165, 1.54) is 5.51 Å². The zero-order valence-corrected chi connectivity index (χ0v) is 10.6. The Morgan fingerprint density at radius 1 is 1.32 bits per heavy atom. The summed E-state index contributed by atoms with van der Waals surface area (Å²) in [5.41, 5.74) is 2.44. The summed E-state index contributed by atoms with van der Waals surface area (Å²) in [5.74, 6) is -0.471. The third-order valence-corrected chi connectivity index (χ3v) is 3.54. The predicted molar refractivity (Wildman–Crippen MR) is 67.4 cm³/mol. The molecule has 1 unspecified atom stereocenters. The monoisotopic (exact) mass is 283 g/mol. The summed E-state index contributed by atoms with van der Waals surface area (Å²) in [4.78, 5) is 14.3. The van der Waals surface area contributed by atoms with Crippen molar-refractivity contribution in [3.63, 3.8) is 0 Å². The highest BCUT2D eigenvalue weighted by atomic mass is 32.1. The molecule has 0 fully saturated rings. The van der Waals surface area contributed by atoms with Crippen LogP contribution >= 0.6 is 11.3 Å². The number of carbonyl (C=O) groups is 1. The second-order valence-electron chi connectivity index (χ2n) is 3.80. The van der Waals surface area contributed by atoms with E-state index in [2.05, 4.69) is 4.98 Å². The molecule has 0 radical (unpaired) electrons. The largest absolute Gasteiger partial charge is 0.467 e. The van der Waals surface area contributed by atoms with Crippen LogP contribution in [0.5, 0.6) is 0 Å². The average molecular weight is 283 g/mol. The molecular weight excluding hydrogens is 272 g/mol. The quantitative estimate of drug-likeness (QED) is 0.763. The summed E-state index contributed by atoms with van der Waals surface area (Å²) >= 11 is 0.909. The maximum Gasteiger partial charge on any atom is 0.293 e. The Labute approximate surface area is 112 Å². The minimum Gasteiger partial charge on any atom is -0.467 e. The first kappa shape index (κ1) is 13.6.